The van der Waals surface area contributed by atoms with E-state index in [4.69, 9.17) is 9.72 Å². The number of rotatable bonds is 6. The molecule has 8 nitrogen and oxygen atoms in total. The summed E-state index contributed by atoms with van der Waals surface area (Å²) in [7, 11) is 3.34. The lowest BCUT2D eigenvalue weighted by Gasteiger charge is -2.33. The first-order valence-corrected chi connectivity index (χ1v) is 10.6. The SMILES string of the molecule is CCCCCn1c(=O)c2c(nc3n2C[C@@H](C)CN3c2ccc(OC)cc2)n(C)c1=O. The fourth-order valence-corrected chi connectivity index (χ4v) is 4.20. The van der Waals surface area contributed by atoms with Crippen LogP contribution < -0.4 is 20.9 Å². The van der Waals surface area contributed by atoms with E-state index in [1.54, 1.807) is 14.2 Å². The van der Waals surface area contributed by atoms with Gasteiger partial charge in [-0.05, 0) is 36.6 Å². The molecule has 0 saturated carbocycles. The molecular formula is C22H29N5O3. The molecule has 0 amide bonds. The molecule has 0 N–H and O–H groups in total. The number of aryl methyl sites for hydroxylation is 1. The van der Waals surface area contributed by atoms with E-state index < -0.39 is 0 Å². The molecule has 1 aromatic carbocycles. The number of hydrogen-bond acceptors (Lipinski definition) is 5. The van der Waals surface area contributed by atoms with Gasteiger partial charge in [-0.25, -0.2) is 4.79 Å². The van der Waals surface area contributed by atoms with E-state index in [2.05, 4.69) is 18.7 Å². The lowest BCUT2D eigenvalue weighted by molar-refractivity contribution is 0.414. The number of anilines is 2. The Kier molecular flexibility index (Phi) is 5.40. The largest absolute Gasteiger partial charge is 0.497 e. The zero-order valence-electron chi connectivity index (χ0n) is 18.1. The van der Waals surface area contributed by atoms with Gasteiger partial charge in [-0.3, -0.25) is 13.9 Å². The first kappa shape index (κ1) is 20.3. The van der Waals surface area contributed by atoms with Crippen LogP contribution in [0.4, 0.5) is 11.6 Å². The monoisotopic (exact) mass is 411 g/mol. The van der Waals surface area contributed by atoms with Crippen LogP contribution in [0.1, 0.15) is 33.1 Å². The van der Waals surface area contributed by atoms with Crippen LogP contribution in [-0.2, 0) is 20.1 Å². The summed E-state index contributed by atoms with van der Waals surface area (Å²) in [6, 6.07) is 7.81. The van der Waals surface area contributed by atoms with Crippen molar-refractivity contribution < 1.29 is 4.74 Å². The van der Waals surface area contributed by atoms with Crippen LogP contribution in [-0.4, -0.2) is 32.3 Å². The molecule has 2 aromatic heterocycles. The minimum absolute atomic E-state index is 0.244. The second-order valence-corrected chi connectivity index (χ2v) is 8.11. The number of hydrogen-bond donors (Lipinski definition) is 0. The summed E-state index contributed by atoms with van der Waals surface area (Å²) in [5.74, 6) is 1.81. The van der Waals surface area contributed by atoms with Crippen molar-refractivity contribution in [2.24, 2.45) is 13.0 Å². The molecule has 0 fully saturated rings. The lowest BCUT2D eigenvalue weighted by Crippen LogP contribution is -2.40. The molecule has 1 aliphatic heterocycles. The third kappa shape index (κ3) is 3.30. The van der Waals surface area contributed by atoms with E-state index in [1.807, 2.05) is 28.8 Å². The number of fused-ring (bicyclic) bond motifs is 3. The average Bonchev–Trinajstić information content (AvgIpc) is 3.13. The van der Waals surface area contributed by atoms with Crippen molar-refractivity contribution in [3.8, 4) is 5.75 Å². The zero-order valence-corrected chi connectivity index (χ0v) is 18.1. The van der Waals surface area contributed by atoms with Crippen molar-refractivity contribution >= 4 is 22.8 Å². The Morgan fingerprint density at radius 1 is 1.13 bits per heavy atom. The first-order chi connectivity index (χ1) is 14.5. The van der Waals surface area contributed by atoms with Crippen molar-refractivity contribution in [3.63, 3.8) is 0 Å². The summed E-state index contributed by atoms with van der Waals surface area (Å²) < 4.78 is 10.1. The van der Waals surface area contributed by atoms with Gasteiger partial charge in [0.2, 0.25) is 5.95 Å². The number of nitrogens with zero attached hydrogens (tertiary/aromatic N) is 5. The summed E-state index contributed by atoms with van der Waals surface area (Å²) in [4.78, 5) is 33.0. The van der Waals surface area contributed by atoms with Crippen LogP contribution in [0.5, 0.6) is 5.75 Å². The summed E-state index contributed by atoms with van der Waals surface area (Å²) >= 11 is 0. The fourth-order valence-electron chi connectivity index (χ4n) is 4.20. The highest BCUT2D eigenvalue weighted by atomic mass is 16.5. The molecule has 1 atom stereocenters. The van der Waals surface area contributed by atoms with Gasteiger partial charge in [-0.15, -0.1) is 0 Å². The van der Waals surface area contributed by atoms with Gasteiger partial charge in [0.1, 0.15) is 5.75 Å². The van der Waals surface area contributed by atoms with Crippen LogP contribution >= 0.6 is 0 Å². The van der Waals surface area contributed by atoms with E-state index in [9.17, 15) is 9.59 Å². The summed E-state index contributed by atoms with van der Waals surface area (Å²) in [6.45, 7) is 6.18. The van der Waals surface area contributed by atoms with Crippen molar-refractivity contribution in [2.45, 2.75) is 46.2 Å². The molecule has 0 aliphatic carbocycles. The second kappa shape index (κ2) is 8.01. The summed E-state index contributed by atoms with van der Waals surface area (Å²) in [6.07, 6.45) is 2.83. The van der Waals surface area contributed by atoms with E-state index in [0.29, 0.717) is 36.1 Å². The maximum absolute atomic E-state index is 13.3. The quantitative estimate of drug-likeness (QED) is 0.583. The topological polar surface area (TPSA) is 74.3 Å². The Labute approximate surface area is 175 Å². The predicted octanol–water partition coefficient (Wildman–Crippen LogP) is 2.88. The third-order valence-corrected chi connectivity index (χ3v) is 5.81. The van der Waals surface area contributed by atoms with Crippen molar-refractivity contribution in [2.75, 3.05) is 18.6 Å². The zero-order chi connectivity index (χ0) is 21.4. The predicted molar refractivity (Wildman–Crippen MR) is 118 cm³/mol. The molecule has 3 heterocycles. The second-order valence-electron chi connectivity index (χ2n) is 8.11. The van der Waals surface area contributed by atoms with Crippen molar-refractivity contribution in [1.29, 1.82) is 0 Å². The molecule has 3 aromatic rings. The molecule has 160 valence electrons. The lowest BCUT2D eigenvalue weighted by atomic mass is 10.1. The summed E-state index contributed by atoms with van der Waals surface area (Å²) in [5.41, 5.74) is 1.38. The standard InChI is InChI=1S/C22H29N5O3/c1-5-6-7-12-25-20(28)18-19(24(3)22(25)29)23-21-26(13-15(2)14-27(18)21)16-8-10-17(30-4)11-9-16/h8-11,15H,5-7,12-14H2,1-4H3/t15-/m0/s1. The van der Waals surface area contributed by atoms with Gasteiger partial charge in [0, 0.05) is 32.4 Å². The van der Waals surface area contributed by atoms with E-state index in [0.717, 1.165) is 37.2 Å². The number of unbranched alkanes of at least 4 members (excludes halogenated alkanes) is 2. The van der Waals surface area contributed by atoms with Gasteiger partial charge < -0.3 is 14.2 Å². The van der Waals surface area contributed by atoms with E-state index in [-0.39, 0.29) is 11.2 Å². The van der Waals surface area contributed by atoms with Gasteiger partial charge in [-0.1, -0.05) is 26.7 Å². The minimum Gasteiger partial charge on any atom is -0.497 e. The molecular weight excluding hydrogens is 382 g/mol. The Morgan fingerprint density at radius 2 is 1.87 bits per heavy atom. The third-order valence-electron chi connectivity index (χ3n) is 5.81. The highest BCUT2D eigenvalue weighted by Gasteiger charge is 2.29. The van der Waals surface area contributed by atoms with Crippen LogP contribution in [0, 0.1) is 5.92 Å². The Bertz CT molecular complexity index is 1170. The molecule has 0 bridgehead atoms. The maximum Gasteiger partial charge on any atom is 0.332 e. The van der Waals surface area contributed by atoms with Crippen molar-refractivity contribution in [1.82, 2.24) is 18.7 Å². The maximum atomic E-state index is 13.3. The molecule has 1 aliphatic rings. The Balaban J connectivity index is 1.88. The molecule has 0 saturated heterocycles. The number of benzene rings is 1. The molecule has 30 heavy (non-hydrogen) atoms. The Hall–Kier alpha value is -3.03. The molecule has 0 spiro atoms. The molecule has 4 rings (SSSR count). The molecule has 8 heteroatoms. The van der Waals surface area contributed by atoms with E-state index in [1.165, 1.54) is 9.13 Å². The normalized spacial score (nSPS) is 16.1. The molecule has 0 radical (unpaired) electrons. The molecule has 0 unspecified atom stereocenters. The number of imidazole rings is 1. The van der Waals surface area contributed by atoms with Gasteiger partial charge >= 0.3 is 5.69 Å². The van der Waals surface area contributed by atoms with Crippen molar-refractivity contribution in [3.05, 3.63) is 45.1 Å². The Morgan fingerprint density at radius 3 is 2.53 bits per heavy atom. The van der Waals surface area contributed by atoms with Gasteiger partial charge in [0.05, 0.1) is 7.11 Å². The highest BCUT2D eigenvalue weighted by Crippen LogP contribution is 2.33. The fraction of sp³-hybridized carbons (Fsp3) is 0.500. The van der Waals surface area contributed by atoms with Gasteiger partial charge in [-0.2, -0.15) is 4.98 Å². The van der Waals surface area contributed by atoms with Crippen LogP contribution in [0.3, 0.4) is 0 Å². The number of ether oxygens (including phenoxy) is 1. The number of methoxy groups -OCH3 is 1. The van der Waals surface area contributed by atoms with Crippen LogP contribution in [0.25, 0.3) is 11.2 Å². The van der Waals surface area contributed by atoms with E-state index >= 15 is 0 Å². The minimum atomic E-state index is -0.303. The highest BCUT2D eigenvalue weighted by molar-refractivity contribution is 5.77. The van der Waals surface area contributed by atoms with Gasteiger partial charge in [0.25, 0.3) is 5.56 Å². The summed E-state index contributed by atoms with van der Waals surface area (Å²) in [5, 5.41) is 0. The van der Waals surface area contributed by atoms with Gasteiger partial charge in [0.15, 0.2) is 11.2 Å². The van der Waals surface area contributed by atoms with Crippen LogP contribution in [0.2, 0.25) is 0 Å². The average molecular weight is 412 g/mol. The smallest absolute Gasteiger partial charge is 0.332 e. The van der Waals surface area contributed by atoms with Crippen LogP contribution in [0.15, 0.2) is 33.9 Å². The number of aromatic nitrogens is 4. The first-order valence-electron chi connectivity index (χ1n) is 10.6.